The van der Waals surface area contributed by atoms with Crippen LogP contribution in [0, 0.1) is 0 Å². The molecular weight excluding hydrogens is 258 g/mol. The summed E-state index contributed by atoms with van der Waals surface area (Å²) in [5, 5.41) is 7.71. The maximum atomic E-state index is 5.49. The molecule has 0 radical (unpaired) electrons. The van der Waals surface area contributed by atoms with Gasteiger partial charge in [-0.2, -0.15) is 16.7 Å². The number of rotatable bonds is 2. The van der Waals surface area contributed by atoms with Crippen LogP contribution in [0.1, 0.15) is 68.6 Å². The first-order valence-corrected chi connectivity index (χ1v) is 8.73. The summed E-state index contributed by atoms with van der Waals surface area (Å²) in [6.45, 7) is 1.04. The highest BCUT2D eigenvalue weighted by Crippen LogP contribution is 2.30. The first-order chi connectivity index (χ1) is 9.43. The highest BCUT2D eigenvalue weighted by Gasteiger charge is 2.24. The van der Waals surface area contributed by atoms with E-state index in [4.69, 9.17) is 4.52 Å². The van der Waals surface area contributed by atoms with Gasteiger partial charge in [-0.05, 0) is 12.8 Å². The van der Waals surface area contributed by atoms with Crippen molar-refractivity contribution < 1.29 is 4.52 Å². The summed E-state index contributed by atoms with van der Waals surface area (Å²) in [4.78, 5) is 4.68. The van der Waals surface area contributed by atoms with Gasteiger partial charge < -0.3 is 9.84 Å². The van der Waals surface area contributed by atoms with E-state index in [1.165, 1.54) is 50.7 Å². The molecule has 1 aromatic rings. The number of hydrogen-bond donors (Lipinski definition) is 1. The van der Waals surface area contributed by atoms with Gasteiger partial charge >= 0.3 is 0 Å². The van der Waals surface area contributed by atoms with Crippen LogP contribution >= 0.6 is 11.8 Å². The Kier molecular flexibility index (Phi) is 4.77. The fourth-order valence-corrected chi connectivity index (χ4v) is 3.92. The molecular formula is C14H23N3OS. The fourth-order valence-electron chi connectivity index (χ4n) is 2.99. The third-order valence-corrected chi connectivity index (χ3v) is 5.21. The van der Waals surface area contributed by atoms with Crippen molar-refractivity contribution in [2.24, 2.45) is 0 Å². The molecule has 0 amide bonds. The molecule has 0 spiro atoms. The van der Waals surface area contributed by atoms with Gasteiger partial charge in [-0.3, -0.25) is 0 Å². The normalized spacial score (nSPS) is 26.8. The Balaban J connectivity index is 1.65. The second-order valence-corrected chi connectivity index (χ2v) is 6.76. The highest BCUT2D eigenvalue weighted by atomic mass is 32.2. The van der Waals surface area contributed by atoms with Crippen molar-refractivity contribution in [3.63, 3.8) is 0 Å². The quantitative estimate of drug-likeness (QED) is 0.901. The van der Waals surface area contributed by atoms with Crippen molar-refractivity contribution in [1.29, 1.82) is 0 Å². The Morgan fingerprint density at radius 1 is 1.11 bits per heavy atom. The van der Waals surface area contributed by atoms with Crippen molar-refractivity contribution in [1.82, 2.24) is 15.5 Å². The third-order valence-electron chi connectivity index (χ3n) is 4.15. The average Bonchev–Trinajstić information content (AvgIpc) is 2.89. The number of thioether (sulfide) groups is 1. The van der Waals surface area contributed by atoms with Crippen LogP contribution in [0.15, 0.2) is 4.52 Å². The summed E-state index contributed by atoms with van der Waals surface area (Å²) >= 11 is 1.96. The Labute approximate surface area is 119 Å². The van der Waals surface area contributed by atoms with E-state index in [2.05, 4.69) is 15.5 Å². The largest absolute Gasteiger partial charge is 0.338 e. The molecule has 2 heterocycles. The smallest absolute Gasteiger partial charge is 0.244 e. The van der Waals surface area contributed by atoms with Gasteiger partial charge in [0, 0.05) is 24.0 Å². The molecule has 1 aromatic heterocycles. The number of hydrogen-bond acceptors (Lipinski definition) is 5. The van der Waals surface area contributed by atoms with E-state index in [1.54, 1.807) is 0 Å². The summed E-state index contributed by atoms with van der Waals surface area (Å²) in [6, 6.07) is 0.258. The predicted octanol–water partition coefficient (Wildman–Crippen LogP) is 3.28. The van der Waals surface area contributed by atoms with E-state index in [0.717, 1.165) is 24.0 Å². The van der Waals surface area contributed by atoms with Crippen molar-refractivity contribution in [3.8, 4) is 0 Å². The van der Waals surface area contributed by atoms with Crippen molar-refractivity contribution in [3.05, 3.63) is 11.7 Å². The SMILES string of the molecule is C1CCCC(c2noc(C3CSCCN3)n2)CCC1. The summed E-state index contributed by atoms with van der Waals surface area (Å²) in [7, 11) is 0. The third kappa shape index (κ3) is 3.51. The van der Waals surface area contributed by atoms with Crippen LogP contribution < -0.4 is 5.32 Å². The molecule has 19 heavy (non-hydrogen) atoms. The lowest BCUT2D eigenvalue weighted by atomic mass is 9.91. The van der Waals surface area contributed by atoms with Crippen LogP contribution in [-0.2, 0) is 0 Å². The molecule has 106 valence electrons. The van der Waals surface area contributed by atoms with Crippen molar-refractivity contribution in [2.45, 2.75) is 56.9 Å². The van der Waals surface area contributed by atoms with E-state index < -0.39 is 0 Å². The molecule has 0 bridgehead atoms. The minimum atomic E-state index is 0.258. The van der Waals surface area contributed by atoms with Gasteiger partial charge in [0.15, 0.2) is 5.82 Å². The van der Waals surface area contributed by atoms with Gasteiger partial charge in [-0.1, -0.05) is 37.3 Å². The summed E-state index contributed by atoms with van der Waals surface area (Å²) in [5.41, 5.74) is 0. The molecule has 0 aromatic carbocycles. The molecule has 1 N–H and O–H groups in total. The Bertz CT molecular complexity index is 382. The minimum absolute atomic E-state index is 0.258. The van der Waals surface area contributed by atoms with E-state index >= 15 is 0 Å². The standard InChI is InChI=1S/C14H23N3OS/c1-2-4-6-11(7-5-3-1)13-16-14(18-17-13)12-10-19-9-8-15-12/h11-12,15H,1-10H2. The zero-order valence-electron chi connectivity index (χ0n) is 11.4. The van der Waals surface area contributed by atoms with Crippen LogP contribution in [0.25, 0.3) is 0 Å². The van der Waals surface area contributed by atoms with Crippen LogP contribution in [0.5, 0.6) is 0 Å². The molecule has 1 saturated heterocycles. The molecule has 1 aliphatic heterocycles. The van der Waals surface area contributed by atoms with Gasteiger partial charge in [0.1, 0.15) is 0 Å². The zero-order chi connectivity index (χ0) is 12.9. The van der Waals surface area contributed by atoms with Crippen molar-refractivity contribution >= 4 is 11.8 Å². The Hall–Kier alpha value is -0.550. The Morgan fingerprint density at radius 3 is 2.63 bits per heavy atom. The topological polar surface area (TPSA) is 51.0 Å². The second kappa shape index (κ2) is 6.75. The van der Waals surface area contributed by atoms with Crippen LogP contribution in [-0.4, -0.2) is 28.2 Å². The lowest BCUT2D eigenvalue weighted by Crippen LogP contribution is -2.30. The van der Waals surface area contributed by atoms with Gasteiger partial charge in [0.05, 0.1) is 6.04 Å². The second-order valence-electron chi connectivity index (χ2n) is 5.61. The van der Waals surface area contributed by atoms with Crippen LogP contribution in [0.4, 0.5) is 0 Å². The van der Waals surface area contributed by atoms with Crippen molar-refractivity contribution in [2.75, 3.05) is 18.1 Å². The number of aromatic nitrogens is 2. The monoisotopic (exact) mass is 281 g/mol. The molecule has 1 aliphatic carbocycles. The van der Waals surface area contributed by atoms with E-state index in [9.17, 15) is 0 Å². The molecule has 2 fully saturated rings. The number of nitrogens with one attached hydrogen (secondary N) is 1. The fraction of sp³-hybridized carbons (Fsp3) is 0.857. The van der Waals surface area contributed by atoms with E-state index in [0.29, 0.717) is 5.92 Å². The lowest BCUT2D eigenvalue weighted by Gasteiger charge is -2.19. The predicted molar refractivity (Wildman–Crippen MR) is 77.4 cm³/mol. The lowest BCUT2D eigenvalue weighted by molar-refractivity contribution is 0.333. The number of nitrogens with zero attached hydrogens (tertiary/aromatic N) is 2. The molecule has 5 heteroatoms. The molecule has 2 aliphatic rings. The minimum Gasteiger partial charge on any atom is -0.338 e. The summed E-state index contributed by atoms with van der Waals surface area (Å²) in [6.07, 6.45) is 9.20. The molecule has 3 rings (SSSR count). The summed E-state index contributed by atoms with van der Waals surface area (Å²) in [5.74, 6) is 4.50. The van der Waals surface area contributed by atoms with Gasteiger partial charge in [-0.25, -0.2) is 0 Å². The summed E-state index contributed by atoms with van der Waals surface area (Å²) < 4.78 is 5.49. The first kappa shape index (κ1) is 13.4. The van der Waals surface area contributed by atoms with E-state index in [-0.39, 0.29) is 6.04 Å². The molecule has 1 atom stereocenters. The van der Waals surface area contributed by atoms with E-state index in [1.807, 2.05) is 11.8 Å². The maximum Gasteiger partial charge on any atom is 0.244 e. The molecule has 1 unspecified atom stereocenters. The highest BCUT2D eigenvalue weighted by molar-refractivity contribution is 7.99. The van der Waals surface area contributed by atoms with Crippen LogP contribution in [0.3, 0.4) is 0 Å². The van der Waals surface area contributed by atoms with Gasteiger partial charge in [0.2, 0.25) is 5.89 Å². The Morgan fingerprint density at radius 2 is 1.89 bits per heavy atom. The molecule has 4 nitrogen and oxygen atoms in total. The average molecular weight is 281 g/mol. The first-order valence-electron chi connectivity index (χ1n) is 7.58. The molecule has 1 saturated carbocycles. The van der Waals surface area contributed by atoms with Crippen LogP contribution in [0.2, 0.25) is 0 Å². The zero-order valence-corrected chi connectivity index (χ0v) is 12.3. The van der Waals surface area contributed by atoms with Gasteiger partial charge in [-0.15, -0.1) is 0 Å². The maximum absolute atomic E-state index is 5.49. The van der Waals surface area contributed by atoms with Gasteiger partial charge in [0.25, 0.3) is 0 Å².